The largest absolute Gasteiger partial charge is 0.349 e. The summed E-state index contributed by atoms with van der Waals surface area (Å²) in [4.78, 5) is 4.36. The molecule has 0 saturated carbocycles. The Kier molecular flexibility index (Phi) is 3.62. The third-order valence-corrected chi connectivity index (χ3v) is 3.71. The second kappa shape index (κ2) is 4.97. The minimum Gasteiger partial charge on any atom is -0.349 e. The van der Waals surface area contributed by atoms with E-state index in [0.29, 0.717) is 6.04 Å². The van der Waals surface area contributed by atoms with Gasteiger partial charge in [0.25, 0.3) is 0 Å². The van der Waals surface area contributed by atoms with Crippen LogP contribution in [0.5, 0.6) is 0 Å². The number of hydrogen-bond donors (Lipinski definition) is 0. The first-order chi connectivity index (χ1) is 7.27. The van der Waals surface area contributed by atoms with Crippen LogP contribution in [-0.4, -0.2) is 42.0 Å². The Balaban J connectivity index is 1.79. The molecule has 2 fully saturated rings. The molecule has 2 saturated heterocycles. The predicted molar refractivity (Wildman–Crippen MR) is 60.3 cm³/mol. The highest BCUT2D eigenvalue weighted by Crippen LogP contribution is 2.22. The third kappa shape index (κ3) is 2.71. The first-order valence-electron chi connectivity index (χ1n) is 6.11. The van der Waals surface area contributed by atoms with Gasteiger partial charge in [0.2, 0.25) is 0 Å². The lowest BCUT2D eigenvalue weighted by Gasteiger charge is -2.40. The van der Waals surface area contributed by atoms with Crippen molar-refractivity contribution in [2.75, 3.05) is 26.2 Å². The van der Waals surface area contributed by atoms with Crippen molar-refractivity contribution in [1.82, 2.24) is 9.80 Å². The van der Waals surface area contributed by atoms with Crippen LogP contribution in [0, 0.1) is 0 Å². The van der Waals surface area contributed by atoms with Gasteiger partial charge in [0.15, 0.2) is 5.95 Å². The van der Waals surface area contributed by atoms with Crippen molar-refractivity contribution in [3.63, 3.8) is 0 Å². The Labute approximate surface area is 91.7 Å². The molecular formula is C12H21FN2. The van der Waals surface area contributed by atoms with Gasteiger partial charge in [0.1, 0.15) is 0 Å². The van der Waals surface area contributed by atoms with Crippen LogP contribution >= 0.6 is 0 Å². The zero-order chi connectivity index (χ0) is 10.7. The number of likely N-dealkylation sites (tertiary alicyclic amines) is 2. The first kappa shape index (κ1) is 10.9. The normalized spacial score (nSPS) is 25.5. The monoisotopic (exact) mass is 212 g/mol. The summed E-state index contributed by atoms with van der Waals surface area (Å²) >= 11 is 0. The van der Waals surface area contributed by atoms with Crippen LogP contribution < -0.4 is 0 Å². The molecule has 2 heterocycles. The molecule has 0 radical (unpaired) electrons. The van der Waals surface area contributed by atoms with Crippen molar-refractivity contribution in [3.05, 3.63) is 12.5 Å². The maximum absolute atomic E-state index is 12.9. The molecule has 0 aromatic heterocycles. The second-order valence-electron chi connectivity index (χ2n) is 4.69. The molecular weight excluding hydrogens is 191 g/mol. The lowest BCUT2D eigenvalue weighted by atomic mass is 10.0. The Morgan fingerprint density at radius 3 is 2.13 bits per heavy atom. The van der Waals surface area contributed by atoms with Crippen LogP contribution in [0.1, 0.15) is 32.1 Å². The number of hydrogen-bond acceptors (Lipinski definition) is 2. The van der Waals surface area contributed by atoms with Crippen molar-refractivity contribution in [2.45, 2.75) is 38.1 Å². The fourth-order valence-corrected chi connectivity index (χ4v) is 2.76. The van der Waals surface area contributed by atoms with Crippen molar-refractivity contribution in [2.24, 2.45) is 0 Å². The van der Waals surface area contributed by atoms with Crippen molar-refractivity contribution >= 4 is 0 Å². The van der Waals surface area contributed by atoms with Gasteiger partial charge in [-0.05, 0) is 45.4 Å². The van der Waals surface area contributed by atoms with E-state index in [9.17, 15) is 4.39 Å². The Morgan fingerprint density at radius 1 is 1.00 bits per heavy atom. The average Bonchev–Trinajstić information content (AvgIpc) is 2.30. The highest BCUT2D eigenvalue weighted by Gasteiger charge is 2.25. The SMILES string of the molecule is C=C(F)N1CCC(N2CCCCC2)CC1. The van der Waals surface area contributed by atoms with Crippen LogP contribution in [0.4, 0.5) is 4.39 Å². The molecule has 0 atom stereocenters. The van der Waals surface area contributed by atoms with Gasteiger partial charge in [0.05, 0.1) is 0 Å². The van der Waals surface area contributed by atoms with Crippen LogP contribution in [0.25, 0.3) is 0 Å². The van der Waals surface area contributed by atoms with Crippen molar-refractivity contribution < 1.29 is 4.39 Å². The van der Waals surface area contributed by atoms with Crippen LogP contribution in [-0.2, 0) is 0 Å². The maximum atomic E-state index is 12.9. The number of halogens is 1. The van der Waals surface area contributed by atoms with E-state index in [-0.39, 0.29) is 5.95 Å². The Morgan fingerprint density at radius 2 is 1.60 bits per heavy atom. The fourth-order valence-electron chi connectivity index (χ4n) is 2.76. The van der Waals surface area contributed by atoms with Gasteiger partial charge in [-0.1, -0.05) is 6.42 Å². The molecule has 86 valence electrons. The molecule has 0 aliphatic carbocycles. The zero-order valence-electron chi connectivity index (χ0n) is 9.42. The van der Waals surface area contributed by atoms with Crippen LogP contribution in [0.15, 0.2) is 12.5 Å². The van der Waals surface area contributed by atoms with Crippen LogP contribution in [0.3, 0.4) is 0 Å². The lowest BCUT2D eigenvalue weighted by molar-refractivity contribution is 0.0960. The second-order valence-corrected chi connectivity index (χ2v) is 4.69. The highest BCUT2D eigenvalue weighted by molar-refractivity contribution is 4.89. The molecule has 2 aliphatic rings. The lowest BCUT2D eigenvalue weighted by Crippen LogP contribution is -2.46. The topological polar surface area (TPSA) is 6.48 Å². The summed E-state index contributed by atoms with van der Waals surface area (Å²) in [5, 5.41) is 0. The molecule has 3 heteroatoms. The summed E-state index contributed by atoms with van der Waals surface area (Å²) in [5.74, 6) is -0.257. The smallest absolute Gasteiger partial charge is 0.182 e. The van der Waals surface area contributed by atoms with Gasteiger partial charge in [-0.3, -0.25) is 0 Å². The van der Waals surface area contributed by atoms with E-state index in [0.717, 1.165) is 25.9 Å². The van der Waals surface area contributed by atoms with E-state index in [1.54, 1.807) is 4.90 Å². The average molecular weight is 212 g/mol. The maximum Gasteiger partial charge on any atom is 0.182 e. The third-order valence-electron chi connectivity index (χ3n) is 3.71. The van der Waals surface area contributed by atoms with E-state index in [4.69, 9.17) is 0 Å². The summed E-state index contributed by atoms with van der Waals surface area (Å²) in [7, 11) is 0. The van der Waals surface area contributed by atoms with E-state index in [2.05, 4.69) is 11.5 Å². The Hall–Kier alpha value is -0.570. The Bertz CT molecular complexity index is 216. The van der Waals surface area contributed by atoms with E-state index >= 15 is 0 Å². The predicted octanol–water partition coefficient (Wildman–Crippen LogP) is 2.38. The highest BCUT2D eigenvalue weighted by atomic mass is 19.1. The fraction of sp³-hybridized carbons (Fsp3) is 0.833. The molecule has 2 nitrogen and oxygen atoms in total. The molecule has 0 spiro atoms. The van der Waals surface area contributed by atoms with E-state index in [1.165, 1.54) is 32.4 Å². The van der Waals surface area contributed by atoms with Gasteiger partial charge in [0, 0.05) is 19.1 Å². The van der Waals surface area contributed by atoms with Crippen molar-refractivity contribution in [1.29, 1.82) is 0 Å². The standard InChI is InChI=1S/C12H21FN2/c1-11(13)14-9-5-12(6-10-14)15-7-3-2-4-8-15/h12H,1-10H2. The molecule has 0 amide bonds. The van der Waals surface area contributed by atoms with E-state index < -0.39 is 0 Å². The van der Waals surface area contributed by atoms with Gasteiger partial charge in [-0.25, -0.2) is 0 Å². The molecule has 0 aromatic carbocycles. The summed E-state index contributed by atoms with van der Waals surface area (Å²) < 4.78 is 12.9. The minimum absolute atomic E-state index is 0.257. The quantitative estimate of drug-likeness (QED) is 0.648. The van der Waals surface area contributed by atoms with E-state index in [1.807, 2.05) is 0 Å². The molecule has 0 bridgehead atoms. The molecule has 0 N–H and O–H groups in total. The summed E-state index contributed by atoms with van der Waals surface area (Å²) in [6, 6.07) is 0.695. The minimum atomic E-state index is -0.257. The number of rotatable bonds is 2. The first-order valence-corrected chi connectivity index (χ1v) is 6.11. The summed E-state index contributed by atoms with van der Waals surface area (Å²) in [6.45, 7) is 7.55. The number of nitrogens with zero attached hydrogens (tertiary/aromatic N) is 2. The summed E-state index contributed by atoms with van der Waals surface area (Å²) in [5.41, 5.74) is 0. The van der Waals surface area contributed by atoms with Gasteiger partial charge >= 0.3 is 0 Å². The molecule has 0 unspecified atom stereocenters. The number of piperidine rings is 2. The van der Waals surface area contributed by atoms with Crippen molar-refractivity contribution in [3.8, 4) is 0 Å². The molecule has 0 aromatic rings. The molecule has 15 heavy (non-hydrogen) atoms. The molecule has 2 rings (SSSR count). The zero-order valence-corrected chi connectivity index (χ0v) is 9.42. The van der Waals surface area contributed by atoms with Crippen LogP contribution in [0.2, 0.25) is 0 Å². The van der Waals surface area contributed by atoms with Gasteiger partial charge in [-0.2, -0.15) is 4.39 Å². The molecule has 2 aliphatic heterocycles. The van der Waals surface area contributed by atoms with Gasteiger partial charge in [-0.15, -0.1) is 0 Å². The summed E-state index contributed by atoms with van der Waals surface area (Å²) in [6.07, 6.45) is 6.27. The van der Waals surface area contributed by atoms with Gasteiger partial charge < -0.3 is 9.80 Å².